The van der Waals surface area contributed by atoms with Crippen molar-refractivity contribution >= 4 is 17.6 Å². The van der Waals surface area contributed by atoms with Crippen LogP contribution in [0.15, 0.2) is 18.5 Å². The molecule has 8 nitrogen and oxygen atoms in total. The fourth-order valence-corrected chi connectivity index (χ4v) is 2.88. The van der Waals surface area contributed by atoms with Gasteiger partial charge in [0.2, 0.25) is 5.95 Å². The van der Waals surface area contributed by atoms with Crippen molar-refractivity contribution < 1.29 is 4.74 Å². The Labute approximate surface area is 148 Å². The summed E-state index contributed by atoms with van der Waals surface area (Å²) in [4.78, 5) is 10.9. The summed E-state index contributed by atoms with van der Waals surface area (Å²) in [5.74, 6) is 1.90. The van der Waals surface area contributed by atoms with Gasteiger partial charge < -0.3 is 20.7 Å². The van der Waals surface area contributed by atoms with Crippen molar-refractivity contribution in [3.8, 4) is 0 Å². The van der Waals surface area contributed by atoms with Gasteiger partial charge in [-0.15, -0.1) is 0 Å². The molecular formula is C17H27N7O. The van der Waals surface area contributed by atoms with Gasteiger partial charge in [0.15, 0.2) is 0 Å². The van der Waals surface area contributed by atoms with E-state index in [1.807, 2.05) is 23.1 Å². The highest BCUT2D eigenvalue weighted by atomic mass is 16.5. The predicted molar refractivity (Wildman–Crippen MR) is 98.6 cm³/mol. The van der Waals surface area contributed by atoms with Crippen LogP contribution >= 0.6 is 0 Å². The molecule has 0 bridgehead atoms. The molecule has 0 radical (unpaired) electrons. The zero-order chi connectivity index (χ0) is 17.6. The second-order valence-corrected chi connectivity index (χ2v) is 6.18. The Bertz CT molecular complexity index is 687. The van der Waals surface area contributed by atoms with Gasteiger partial charge in [-0.3, -0.25) is 4.68 Å². The molecule has 3 N–H and O–H groups in total. The summed E-state index contributed by atoms with van der Waals surface area (Å²) in [6.07, 6.45) is 6.14. The Morgan fingerprint density at radius 3 is 3.00 bits per heavy atom. The molecule has 0 aliphatic carbocycles. The van der Waals surface area contributed by atoms with Crippen LogP contribution in [0.3, 0.4) is 0 Å². The lowest BCUT2D eigenvalue weighted by atomic mass is 10.1. The van der Waals surface area contributed by atoms with Gasteiger partial charge in [0.05, 0.1) is 12.8 Å². The molecule has 1 unspecified atom stereocenters. The van der Waals surface area contributed by atoms with E-state index in [0.29, 0.717) is 12.6 Å². The highest BCUT2D eigenvalue weighted by Gasteiger charge is 2.24. The average molecular weight is 345 g/mol. The van der Waals surface area contributed by atoms with Gasteiger partial charge in [-0.05, 0) is 13.3 Å². The van der Waals surface area contributed by atoms with Crippen molar-refractivity contribution in [3.63, 3.8) is 0 Å². The zero-order valence-electron chi connectivity index (χ0n) is 15.0. The number of morpholine rings is 1. The molecule has 136 valence electrons. The number of hydrogen-bond donors (Lipinski definition) is 2. The molecule has 3 rings (SSSR count). The van der Waals surface area contributed by atoms with Gasteiger partial charge in [0.25, 0.3) is 0 Å². The second kappa shape index (κ2) is 8.15. The average Bonchev–Trinajstić information content (AvgIpc) is 3.11. The molecule has 1 aliphatic rings. The van der Waals surface area contributed by atoms with Gasteiger partial charge in [-0.1, -0.05) is 13.3 Å². The molecule has 1 atom stereocenters. The van der Waals surface area contributed by atoms with Crippen molar-refractivity contribution in [2.24, 2.45) is 0 Å². The van der Waals surface area contributed by atoms with Crippen molar-refractivity contribution in [1.29, 1.82) is 0 Å². The largest absolute Gasteiger partial charge is 0.370 e. The number of hydrogen-bond acceptors (Lipinski definition) is 7. The number of unbranched alkanes of at least 4 members (excludes halogenated alkanes) is 1. The Morgan fingerprint density at radius 1 is 1.36 bits per heavy atom. The molecule has 2 aromatic heterocycles. The number of aryl methyl sites for hydroxylation is 1. The van der Waals surface area contributed by atoms with E-state index >= 15 is 0 Å². The lowest BCUT2D eigenvalue weighted by Gasteiger charge is -2.33. The van der Waals surface area contributed by atoms with Crippen LogP contribution in [0.5, 0.6) is 0 Å². The maximum atomic E-state index is 5.93. The van der Waals surface area contributed by atoms with E-state index in [9.17, 15) is 0 Å². The minimum absolute atomic E-state index is 0.0123. The fraction of sp³-hybridized carbons (Fsp3) is 0.588. The maximum Gasteiger partial charge on any atom is 0.223 e. The SMILES string of the molecule is CCCCNc1cc(N2CCOC(c3cnn(CC)c3)C2)nc(N)n1. The maximum absolute atomic E-state index is 5.93. The molecule has 8 heteroatoms. The van der Waals surface area contributed by atoms with Crippen molar-refractivity contribution in [1.82, 2.24) is 19.7 Å². The van der Waals surface area contributed by atoms with Crippen LogP contribution in [-0.4, -0.2) is 46.0 Å². The second-order valence-electron chi connectivity index (χ2n) is 6.18. The normalized spacial score (nSPS) is 17.7. The van der Waals surface area contributed by atoms with Crippen LogP contribution < -0.4 is 16.0 Å². The number of ether oxygens (including phenoxy) is 1. The van der Waals surface area contributed by atoms with Gasteiger partial charge in [-0.2, -0.15) is 15.1 Å². The highest BCUT2D eigenvalue weighted by Crippen LogP contribution is 2.26. The Kier molecular flexibility index (Phi) is 5.70. The lowest BCUT2D eigenvalue weighted by Crippen LogP contribution is -2.39. The number of nitrogen functional groups attached to an aromatic ring is 1. The van der Waals surface area contributed by atoms with Crippen LogP contribution in [-0.2, 0) is 11.3 Å². The molecule has 1 saturated heterocycles. The molecule has 0 saturated carbocycles. The molecule has 0 spiro atoms. The first kappa shape index (κ1) is 17.5. The van der Waals surface area contributed by atoms with E-state index in [2.05, 4.69) is 39.1 Å². The topological polar surface area (TPSA) is 94.1 Å². The van der Waals surface area contributed by atoms with Crippen LogP contribution in [0, 0.1) is 0 Å². The third kappa shape index (κ3) is 4.39. The summed E-state index contributed by atoms with van der Waals surface area (Å²) in [7, 11) is 0. The summed E-state index contributed by atoms with van der Waals surface area (Å²) < 4.78 is 7.84. The summed E-state index contributed by atoms with van der Waals surface area (Å²) in [5.41, 5.74) is 7.00. The summed E-state index contributed by atoms with van der Waals surface area (Å²) in [6.45, 7) is 8.12. The first-order valence-electron chi connectivity index (χ1n) is 8.97. The lowest BCUT2D eigenvalue weighted by molar-refractivity contribution is 0.0395. The minimum Gasteiger partial charge on any atom is -0.370 e. The highest BCUT2D eigenvalue weighted by molar-refractivity contribution is 5.53. The van der Waals surface area contributed by atoms with Crippen molar-refractivity contribution in [2.75, 3.05) is 42.2 Å². The minimum atomic E-state index is -0.0123. The zero-order valence-corrected chi connectivity index (χ0v) is 15.0. The molecular weight excluding hydrogens is 318 g/mol. The van der Waals surface area contributed by atoms with Crippen LogP contribution in [0.25, 0.3) is 0 Å². The van der Waals surface area contributed by atoms with Gasteiger partial charge in [0.1, 0.15) is 17.7 Å². The molecule has 25 heavy (non-hydrogen) atoms. The number of anilines is 3. The van der Waals surface area contributed by atoms with Gasteiger partial charge >= 0.3 is 0 Å². The van der Waals surface area contributed by atoms with Crippen LogP contribution in [0.2, 0.25) is 0 Å². The Morgan fingerprint density at radius 2 is 2.24 bits per heavy atom. The van der Waals surface area contributed by atoms with E-state index in [1.165, 1.54) is 0 Å². The first-order chi connectivity index (χ1) is 12.2. The summed E-state index contributed by atoms with van der Waals surface area (Å²) in [6, 6.07) is 1.96. The van der Waals surface area contributed by atoms with Gasteiger partial charge in [-0.25, -0.2) is 0 Å². The Balaban J connectivity index is 1.72. The van der Waals surface area contributed by atoms with E-state index in [4.69, 9.17) is 10.5 Å². The first-order valence-corrected chi connectivity index (χ1v) is 8.97. The van der Waals surface area contributed by atoms with Crippen LogP contribution in [0.1, 0.15) is 38.4 Å². The summed E-state index contributed by atoms with van der Waals surface area (Å²) in [5, 5.41) is 7.66. The Hall–Kier alpha value is -2.35. The molecule has 0 aromatic carbocycles. The third-order valence-corrected chi connectivity index (χ3v) is 4.31. The smallest absolute Gasteiger partial charge is 0.223 e. The predicted octanol–water partition coefficient (Wildman–Crippen LogP) is 2.07. The number of aromatic nitrogens is 4. The third-order valence-electron chi connectivity index (χ3n) is 4.31. The number of nitrogens with zero attached hydrogens (tertiary/aromatic N) is 5. The molecule has 2 aromatic rings. The standard InChI is InChI=1S/C17H27N7O/c1-3-5-6-19-15-9-16(22-17(18)21-15)23-7-8-25-14(12-23)13-10-20-24(4-2)11-13/h9-11,14H,3-8,12H2,1-2H3,(H3,18,19,21,22). The quantitative estimate of drug-likeness (QED) is 0.742. The molecule has 1 aliphatic heterocycles. The monoisotopic (exact) mass is 345 g/mol. The molecule has 0 amide bonds. The van der Waals surface area contributed by atoms with E-state index < -0.39 is 0 Å². The van der Waals surface area contributed by atoms with Crippen molar-refractivity contribution in [3.05, 3.63) is 24.0 Å². The number of rotatable bonds is 7. The number of nitrogens with one attached hydrogen (secondary N) is 1. The molecule has 3 heterocycles. The van der Waals surface area contributed by atoms with E-state index in [-0.39, 0.29) is 6.10 Å². The fourth-order valence-electron chi connectivity index (χ4n) is 2.88. The van der Waals surface area contributed by atoms with Crippen molar-refractivity contribution in [2.45, 2.75) is 39.3 Å². The number of nitrogens with two attached hydrogens (primary N) is 1. The van der Waals surface area contributed by atoms with Crippen LogP contribution in [0.4, 0.5) is 17.6 Å². The summed E-state index contributed by atoms with van der Waals surface area (Å²) >= 11 is 0. The van der Waals surface area contributed by atoms with E-state index in [1.54, 1.807) is 0 Å². The van der Waals surface area contributed by atoms with Gasteiger partial charge in [0, 0.05) is 44.0 Å². The van der Waals surface area contributed by atoms with E-state index in [0.717, 1.165) is 56.2 Å². The molecule has 1 fully saturated rings.